The highest BCUT2D eigenvalue weighted by atomic mass is 35.5. The molecule has 1 saturated heterocycles. The number of nitrogens with one attached hydrogen (secondary N) is 1. The molecule has 1 unspecified atom stereocenters. The molecule has 0 saturated carbocycles. The van der Waals surface area contributed by atoms with Gasteiger partial charge in [-0.2, -0.15) is 0 Å². The molecular weight excluding hydrogens is 338 g/mol. The van der Waals surface area contributed by atoms with Crippen molar-refractivity contribution in [1.29, 1.82) is 0 Å². The largest absolute Gasteiger partial charge is 0.338 e. The zero-order valence-electron chi connectivity index (χ0n) is 13.4. The molecule has 0 spiro atoms. The Bertz CT molecular complexity index is 666. The van der Waals surface area contributed by atoms with Crippen LogP contribution in [-0.2, 0) is 10.0 Å². The maximum absolute atomic E-state index is 12.6. The molecule has 6 nitrogen and oxygen atoms in total. The molecule has 23 heavy (non-hydrogen) atoms. The van der Waals surface area contributed by atoms with Crippen LogP contribution in [0.25, 0.3) is 0 Å². The molecular formula is C15H24ClN3O3S. The molecule has 130 valence electrons. The van der Waals surface area contributed by atoms with Gasteiger partial charge in [-0.15, -0.1) is 12.4 Å². The molecule has 1 aliphatic heterocycles. The van der Waals surface area contributed by atoms with Crippen molar-refractivity contribution in [2.24, 2.45) is 11.1 Å². The molecule has 1 atom stereocenters. The van der Waals surface area contributed by atoms with Crippen molar-refractivity contribution in [3.8, 4) is 0 Å². The molecule has 1 heterocycles. The fourth-order valence-corrected chi connectivity index (χ4v) is 3.70. The van der Waals surface area contributed by atoms with E-state index in [1.165, 1.54) is 12.1 Å². The summed E-state index contributed by atoms with van der Waals surface area (Å²) in [4.78, 5) is 14.4. The fraction of sp³-hybridized carbons (Fsp3) is 0.533. The van der Waals surface area contributed by atoms with E-state index >= 15 is 0 Å². The summed E-state index contributed by atoms with van der Waals surface area (Å²) in [6.45, 7) is 5.87. The lowest BCUT2D eigenvalue weighted by molar-refractivity contribution is 0.0776. The van der Waals surface area contributed by atoms with Crippen molar-refractivity contribution in [3.63, 3.8) is 0 Å². The molecule has 0 aromatic heterocycles. The van der Waals surface area contributed by atoms with Gasteiger partial charge in [-0.05, 0) is 36.6 Å². The third kappa shape index (κ3) is 4.44. The van der Waals surface area contributed by atoms with E-state index in [1.807, 2.05) is 0 Å². The summed E-state index contributed by atoms with van der Waals surface area (Å²) < 4.78 is 26.5. The predicted molar refractivity (Wildman–Crippen MR) is 92.2 cm³/mol. The van der Waals surface area contributed by atoms with E-state index in [0.29, 0.717) is 31.7 Å². The van der Waals surface area contributed by atoms with Gasteiger partial charge in [-0.1, -0.05) is 19.9 Å². The standard InChI is InChI=1S/C15H23N3O3S.ClH/c1-3-17-22(20,21)13-6-4-5-12(9-13)14(19)18-8-7-15(2,10-16)11-18;/h4-6,9,17H,3,7-8,10-11,16H2,1-2H3;1H. The molecule has 0 aliphatic carbocycles. The number of rotatable bonds is 5. The first kappa shape index (κ1) is 19.9. The minimum absolute atomic E-state index is 0. The smallest absolute Gasteiger partial charge is 0.253 e. The third-order valence-electron chi connectivity index (χ3n) is 4.06. The lowest BCUT2D eigenvalue weighted by Gasteiger charge is -2.22. The van der Waals surface area contributed by atoms with Crippen LogP contribution in [0.3, 0.4) is 0 Å². The van der Waals surface area contributed by atoms with Crippen LogP contribution in [0.1, 0.15) is 30.6 Å². The van der Waals surface area contributed by atoms with E-state index in [0.717, 1.165) is 6.42 Å². The average Bonchev–Trinajstić information content (AvgIpc) is 2.90. The Labute approximate surface area is 143 Å². The minimum atomic E-state index is -3.56. The van der Waals surface area contributed by atoms with Gasteiger partial charge in [0.25, 0.3) is 5.91 Å². The molecule has 1 aromatic rings. The predicted octanol–water partition coefficient (Wildman–Crippen LogP) is 1.22. The van der Waals surface area contributed by atoms with E-state index in [-0.39, 0.29) is 28.6 Å². The summed E-state index contributed by atoms with van der Waals surface area (Å²) in [5.74, 6) is -0.147. The molecule has 8 heteroatoms. The van der Waals surface area contributed by atoms with Gasteiger partial charge < -0.3 is 10.6 Å². The Hall–Kier alpha value is -1.15. The fourth-order valence-electron chi connectivity index (χ4n) is 2.62. The zero-order valence-corrected chi connectivity index (χ0v) is 15.0. The van der Waals surface area contributed by atoms with E-state index < -0.39 is 10.0 Å². The van der Waals surface area contributed by atoms with Crippen LogP contribution in [0.4, 0.5) is 0 Å². The highest BCUT2D eigenvalue weighted by molar-refractivity contribution is 7.89. The lowest BCUT2D eigenvalue weighted by Crippen LogP contribution is -2.34. The van der Waals surface area contributed by atoms with Crippen molar-refractivity contribution in [2.45, 2.75) is 25.2 Å². The quantitative estimate of drug-likeness (QED) is 0.824. The number of hydrogen-bond acceptors (Lipinski definition) is 4. The van der Waals surface area contributed by atoms with Crippen LogP contribution in [0, 0.1) is 5.41 Å². The Morgan fingerprint density at radius 2 is 2.13 bits per heavy atom. The molecule has 2 rings (SSSR count). The second-order valence-corrected chi connectivity index (χ2v) is 7.79. The summed E-state index contributed by atoms with van der Waals surface area (Å²) in [5, 5.41) is 0. The molecule has 0 radical (unpaired) electrons. The summed E-state index contributed by atoms with van der Waals surface area (Å²) in [7, 11) is -3.56. The van der Waals surface area contributed by atoms with Gasteiger partial charge in [0.05, 0.1) is 4.90 Å². The van der Waals surface area contributed by atoms with Crippen molar-refractivity contribution in [2.75, 3.05) is 26.2 Å². The normalized spacial score (nSPS) is 21.1. The van der Waals surface area contributed by atoms with E-state index in [1.54, 1.807) is 24.0 Å². The Balaban J connectivity index is 0.00000264. The molecule has 1 aromatic carbocycles. The second-order valence-electron chi connectivity index (χ2n) is 6.02. The number of hydrogen-bond donors (Lipinski definition) is 2. The van der Waals surface area contributed by atoms with Crippen molar-refractivity contribution in [1.82, 2.24) is 9.62 Å². The summed E-state index contributed by atoms with van der Waals surface area (Å²) in [6.07, 6.45) is 0.866. The number of nitrogens with zero attached hydrogens (tertiary/aromatic N) is 1. The van der Waals surface area contributed by atoms with Crippen LogP contribution in [0.2, 0.25) is 0 Å². The molecule has 1 fully saturated rings. The van der Waals surface area contributed by atoms with Gasteiger partial charge in [0, 0.05) is 25.2 Å². The first-order chi connectivity index (χ1) is 10.3. The maximum Gasteiger partial charge on any atom is 0.253 e. The SMILES string of the molecule is CCNS(=O)(=O)c1cccc(C(=O)N2CCC(C)(CN)C2)c1.Cl. The van der Waals surface area contributed by atoms with Crippen LogP contribution < -0.4 is 10.5 Å². The zero-order chi connectivity index (χ0) is 16.4. The average molecular weight is 362 g/mol. The monoisotopic (exact) mass is 361 g/mol. The number of nitrogens with two attached hydrogens (primary N) is 1. The van der Waals surface area contributed by atoms with Crippen LogP contribution in [0.5, 0.6) is 0 Å². The van der Waals surface area contributed by atoms with Crippen LogP contribution in [-0.4, -0.2) is 45.4 Å². The second kappa shape index (κ2) is 7.61. The number of carbonyl (C=O) groups excluding carboxylic acids is 1. The number of amides is 1. The molecule has 3 N–H and O–H groups in total. The summed E-state index contributed by atoms with van der Waals surface area (Å²) in [5.41, 5.74) is 6.09. The Morgan fingerprint density at radius 1 is 1.43 bits per heavy atom. The third-order valence-corrected chi connectivity index (χ3v) is 5.61. The molecule has 0 bridgehead atoms. The van der Waals surface area contributed by atoms with E-state index in [9.17, 15) is 13.2 Å². The lowest BCUT2D eigenvalue weighted by atomic mass is 9.90. The number of carbonyl (C=O) groups is 1. The number of halogens is 1. The van der Waals surface area contributed by atoms with E-state index in [4.69, 9.17) is 5.73 Å². The number of likely N-dealkylation sites (tertiary alicyclic amines) is 1. The summed E-state index contributed by atoms with van der Waals surface area (Å²) >= 11 is 0. The minimum Gasteiger partial charge on any atom is -0.338 e. The molecule has 1 amide bonds. The van der Waals surface area contributed by atoms with E-state index in [2.05, 4.69) is 11.6 Å². The topological polar surface area (TPSA) is 92.5 Å². The highest BCUT2D eigenvalue weighted by Gasteiger charge is 2.35. The highest BCUT2D eigenvalue weighted by Crippen LogP contribution is 2.29. The van der Waals surface area contributed by atoms with Gasteiger partial charge >= 0.3 is 0 Å². The first-order valence-corrected chi connectivity index (χ1v) is 8.89. The van der Waals surface area contributed by atoms with Gasteiger partial charge in [-0.25, -0.2) is 13.1 Å². The summed E-state index contributed by atoms with van der Waals surface area (Å²) in [6, 6.07) is 6.16. The van der Waals surface area contributed by atoms with Gasteiger partial charge in [0.2, 0.25) is 10.0 Å². The number of benzene rings is 1. The Morgan fingerprint density at radius 3 is 2.70 bits per heavy atom. The van der Waals surface area contributed by atoms with Gasteiger partial charge in [0.1, 0.15) is 0 Å². The Kier molecular flexibility index (Phi) is 6.59. The van der Waals surface area contributed by atoms with Crippen molar-refractivity contribution >= 4 is 28.3 Å². The van der Waals surface area contributed by atoms with Crippen LogP contribution in [0.15, 0.2) is 29.2 Å². The van der Waals surface area contributed by atoms with Crippen molar-refractivity contribution < 1.29 is 13.2 Å². The number of sulfonamides is 1. The van der Waals surface area contributed by atoms with Gasteiger partial charge in [-0.3, -0.25) is 4.79 Å². The van der Waals surface area contributed by atoms with Crippen LogP contribution >= 0.6 is 12.4 Å². The van der Waals surface area contributed by atoms with Gasteiger partial charge in [0.15, 0.2) is 0 Å². The maximum atomic E-state index is 12.6. The first-order valence-electron chi connectivity index (χ1n) is 7.40. The molecule has 1 aliphatic rings. The van der Waals surface area contributed by atoms with Crippen molar-refractivity contribution in [3.05, 3.63) is 29.8 Å².